The van der Waals surface area contributed by atoms with Gasteiger partial charge in [-0.2, -0.15) is 0 Å². The van der Waals surface area contributed by atoms with Crippen LogP contribution in [0.5, 0.6) is 5.75 Å². The van der Waals surface area contributed by atoms with Crippen molar-refractivity contribution in [3.05, 3.63) is 57.6 Å². The molecule has 0 radical (unpaired) electrons. The molecule has 0 saturated heterocycles. The second kappa shape index (κ2) is 5.81. The highest BCUT2D eigenvalue weighted by Gasteiger charge is 2.26. The molecule has 1 aliphatic heterocycles. The third-order valence-electron chi connectivity index (χ3n) is 3.05. The molecule has 0 amide bonds. The standard InChI is InChI=1S/C16H12BrNO4/c1-9-3-5-11(21-9)8-13-16(19)22-15(18-13)12-7-10(17)4-6-14(12)20-2/h3-8H,1-2H3. The molecular weight excluding hydrogens is 350 g/mol. The first-order chi connectivity index (χ1) is 10.6. The van der Waals surface area contributed by atoms with Crippen molar-refractivity contribution in [1.29, 1.82) is 0 Å². The van der Waals surface area contributed by atoms with Crippen molar-refractivity contribution in [3.8, 4) is 5.75 Å². The predicted octanol–water partition coefficient (Wildman–Crippen LogP) is 3.70. The lowest BCUT2D eigenvalue weighted by Crippen LogP contribution is -2.07. The Bertz CT molecular complexity index is 804. The van der Waals surface area contributed by atoms with Gasteiger partial charge >= 0.3 is 5.97 Å². The van der Waals surface area contributed by atoms with Crippen LogP contribution in [-0.2, 0) is 9.53 Å². The lowest BCUT2D eigenvalue weighted by molar-refractivity contribution is -0.129. The Labute approximate surface area is 135 Å². The summed E-state index contributed by atoms with van der Waals surface area (Å²) in [6, 6.07) is 8.97. The number of nitrogens with zero attached hydrogens (tertiary/aromatic N) is 1. The van der Waals surface area contributed by atoms with Crippen molar-refractivity contribution in [2.24, 2.45) is 4.99 Å². The first kappa shape index (κ1) is 14.6. The SMILES string of the molecule is COc1ccc(Br)cc1C1=NC(=Cc2ccc(C)o2)C(=O)O1. The fourth-order valence-corrected chi connectivity index (χ4v) is 2.40. The van der Waals surface area contributed by atoms with Crippen LogP contribution in [-0.4, -0.2) is 19.0 Å². The monoisotopic (exact) mass is 361 g/mol. The van der Waals surface area contributed by atoms with Crippen molar-refractivity contribution in [3.63, 3.8) is 0 Å². The third-order valence-corrected chi connectivity index (χ3v) is 3.55. The van der Waals surface area contributed by atoms with Gasteiger partial charge in [0.2, 0.25) is 5.90 Å². The van der Waals surface area contributed by atoms with E-state index < -0.39 is 5.97 Å². The van der Waals surface area contributed by atoms with E-state index in [1.807, 2.05) is 19.1 Å². The van der Waals surface area contributed by atoms with Gasteiger partial charge in [-0.15, -0.1) is 0 Å². The molecule has 0 spiro atoms. The number of carbonyl (C=O) groups is 1. The van der Waals surface area contributed by atoms with Crippen LogP contribution in [0.25, 0.3) is 6.08 Å². The summed E-state index contributed by atoms with van der Waals surface area (Å²) in [5, 5.41) is 0. The van der Waals surface area contributed by atoms with Crippen molar-refractivity contribution < 1.29 is 18.7 Å². The van der Waals surface area contributed by atoms with Gasteiger partial charge in [-0.25, -0.2) is 9.79 Å². The highest BCUT2D eigenvalue weighted by molar-refractivity contribution is 9.10. The normalized spacial score (nSPS) is 15.9. The van der Waals surface area contributed by atoms with E-state index in [0.29, 0.717) is 17.1 Å². The fraction of sp³-hybridized carbons (Fsp3) is 0.125. The minimum Gasteiger partial charge on any atom is -0.496 e. The Morgan fingerprint density at radius 2 is 2.09 bits per heavy atom. The molecule has 1 aliphatic rings. The first-order valence-corrected chi connectivity index (χ1v) is 7.29. The molecule has 5 nitrogen and oxygen atoms in total. The van der Waals surface area contributed by atoms with E-state index in [1.165, 1.54) is 0 Å². The van der Waals surface area contributed by atoms with Crippen molar-refractivity contribution in [2.75, 3.05) is 7.11 Å². The number of furan rings is 1. The van der Waals surface area contributed by atoms with Gasteiger partial charge in [0, 0.05) is 10.5 Å². The van der Waals surface area contributed by atoms with Gasteiger partial charge in [0.1, 0.15) is 17.3 Å². The van der Waals surface area contributed by atoms with E-state index in [0.717, 1.165) is 10.2 Å². The van der Waals surface area contributed by atoms with E-state index in [9.17, 15) is 4.79 Å². The largest absolute Gasteiger partial charge is 0.496 e. The van der Waals surface area contributed by atoms with Gasteiger partial charge < -0.3 is 13.9 Å². The quantitative estimate of drug-likeness (QED) is 0.617. The number of carbonyl (C=O) groups excluding carboxylic acids is 1. The molecule has 3 rings (SSSR count). The molecule has 0 unspecified atom stereocenters. The summed E-state index contributed by atoms with van der Waals surface area (Å²) in [6.07, 6.45) is 1.55. The Morgan fingerprint density at radius 1 is 1.27 bits per heavy atom. The topological polar surface area (TPSA) is 61.0 Å². The number of aryl methyl sites for hydroxylation is 1. The number of hydrogen-bond acceptors (Lipinski definition) is 5. The van der Waals surface area contributed by atoms with Crippen molar-refractivity contribution >= 4 is 33.9 Å². The number of esters is 1. The molecule has 0 N–H and O–H groups in total. The Hall–Kier alpha value is -2.34. The van der Waals surface area contributed by atoms with Gasteiger partial charge in [-0.1, -0.05) is 15.9 Å². The number of ether oxygens (including phenoxy) is 2. The van der Waals surface area contributed by atoms with Gasteiger partial charge in [-0.05, 0) is 37.3 Å². The van der Waals surface area contributed by atoms with Gasteiger partial charge in [0.15, 0.2) is 5.70 Å². The van der Waals surface area contributed by atoms with Crippen molar-refractivity contribution in [2.45, 2.75) is 6.92 Å². The summed E-state index contributed by atoms with van der Waals surface area (Å²) in [5.74, 6) is 1.57. The van der Waals surface area contributed by atoms with Crippen LogP contribution in [0.15, 0.2) is 49.9 Å². The maximum atomic E-state index is 12.0. The minimum absolute atomic E-state index is 0.186. The molecule has 112 valence electrons. The lowest BCUT2D eigenvalue weighted by Gasteiger charge is -2.07. The van der Waals surface area contributed by atoms with E-state index in [2.05, 4.69) is 20.9 Å². The number of methoxy groups -OCH3 is 1. The Morgan fingerprint density at radius 3 is 2.77 bits per heavy atom. The number of halogens is 1. The number of benzene rings is 1. The summed E-state index contributed by atoms with van der Waals surface area (Å²) in [5.41, 5.74) is 0.788. The third kappa shape index (κ3) is 2.82. The zero-order valence-electron chi connectivity index (χ0n) is 11.9. The van der Waals surface area contributed by atoms with Crippen LogP contribution >= 0.6 is 15.9 Å². The number of hydrogen-bond donors (Lipinski definition) is 0. The average molecular weight is 362 g/mol. The highest BCUT2D eigenvalue weighted by atomic mass is 79.9. The molecule has 0 fully saturated rings. The van der Waals surface area contributed by atoms with Crippen LogP contribution in [0.4, 0.5) is 0 Å². The Balaban J connectivity index is 2.00. The van der Waals surface area contributed by atoms with Gasteiger partial charge in [0.25, 0.3) is 0 Å². The zero-order valence-corrected chi connectivity index (χ0v) is 13.5. The molecule has 2 aromatic rings. The number of cyclic esters (lactones) is 1. The molecule has 0 saturated carbocycles. The molecule has 0 bridgehead atoms. The van der Waals surface area contributed by atoms with E-state index in [4.69, 9.17) is 13.9 Å². The molecule has 0 aliphatic carbocycles. The smallest absolute Gasteiger partial charge is 0.363 e. The van der Waals surface area contributed by atoms with E-state index >= 15 is 0 Å². The van der Waals surface area contributed by atoms with Crippen LogP contribution in [0.3, 0.4) is 0 Å². The molecule has 6 heteroatoms. The first-order valence-electron chi connectivity index (χ1n) is 6.50. The molecule has 1 aromatic heterocycles. The van der Waals surface area contributed by atoms with E-state index in [-0.39, 0.29) is 11.6 Å². The molecule has 0 atom stereocenters. The zero-order chi connectivity index (χ0) is 15.7. The van der Waals surface area contributed by atoms with Crippen LogP contribution < -0.4 is 4.74 Å². The van der Waals surface area contributed by atoms with Crippen LogP contribution in [0.1, 0.15) is 17.1 Å². The number of aliphatic imine (C=N–C) groups is 1. The molecule has 2 heterocycles. The summed E-state index contributed by atoms with van der Waals surface area (Å²) in [6.45, 7) is 1.83. The minimum atomic E-state index is -0.522. The summed E-state index contributed by atoms with van der Waals surface area (Å²) >= 11 is 3.38. The van der Waals surface area contributed by atoms with Crippen molar-refractivity contribution in [1.82, 2.24) is 0 Å². The molecular formula is C16H12BrNO4. The van der Waals surface area contributed by atoms with Crippen LogP contribution in [0, 0.1) is 6.92 Å². The van der Waals surface area contributed by atoms with Gasteiger partial charge in [-0.3, -0.25) is 0 Å². The fourth-order valence-electron chi connectivity index (χ4n) is 2.04. The van der Waals surface area contributed by atoms with E-state index in [1.54, 1.807) is 31.4 Å². The number of rotatable bonds is 3. The maximum Gasteiger partial charge on any atom is 0.363 e. The van der Waals surface area contributed by atoms with Gasteiger partial charge in [0.05, 0.1) is 12.7 Å². The second-order valence-electron chi connectivity index (χ2n) is 4.63. The summed E-state index contributed by atoms with van der Waals surface area (Å²) in [7, 11) is 1.55. The summed E-state index contributed by atoms with van der Waals surface area (Å²) in [4.78, 5) is 16.2. The maximum absolute atomic E-state index is 12.0. The molecule has 1 aromatic carbocycles. The summed E-state index contributed by atoms with van der Waals surface area (Å²) < 4.78 is 16.8. The highest BCUT2D eigenvalue weighted by Crippen LogP contribution is 2.28. The molecule has 22 heavy (non-hydrogen) atoms. The second-order valence-corrected chi connectivity index (χ2v) is 5.54. The predicted molar refractivity (Wildman–Crippen MR) is 84.7 cm³/mol. The average Bonchev–Trinajstić information content (AvgIpc) is 3.06. The Kier molecular flexibility index (Phi) is 3.85. The lowest BCUT2D eigenvalue weighted by atomic mass is 10.2. The van der Waals surface area contributed by atoms with Crippen LogP contribution in [0.2, 0.25) is 0 Å².